The molecule has 0 aliphatic heterocycles. The summed E-state index contributed by atoms with van der Waals surface area (Å²) in [5.74, 6) is -3.65. The van der Waals surface area contributed by atoms with Gasteiger partial charge in [0, 0.05) is 0 Å². The van der Waals surface area contributed by atoms with Gasteiger partial charge >= 0.3 is 5.97 Å². The SMILES string of the molecule is COc1cccc2c(=O)c(C(=O)O)c(F)n(F)c12. The van der Waals surface area contributed by atoms with Crippen LogP contribution in [0.25, 0.3) is 10.9 Å². The Labute approximate surface area is 98.8 Å². The molecule has 0 unspecified atom stereocenters. The average molecular weight is 255 g/mol. The lowest BCUT2D eigenvalue weighted by Crippen LogP contribution is -2.21. The van der Waals surface area contributed by atoms with Crippen LogP contribution in [0.5, 0.6) is 5.75 Å². The molecule has 5 nitrogen and oxygen atoms in total. The van der Waals surface area contributed by atoms with E-state index in [1.54, 1.807) is 0 Å². The van der Waals surface area contributed by atoms with Gasteiger partial charge in [-0.1, -0.05) is 10.5 Å². The fourth-order valence-electron chi connectivity index (χ4n) is 1.68. The molecule has 0 aliphatic rings. The summed E-state index contributed by atoms with van der Waals surface area (Å²) in [5.41, 5.74) is -2.77. The quantitative estimate of drug-likeness (QED) is 0.827. The van der Waals surface area contributed by atoms with Crippen molar-refractivity contribution in [2.75, 3.05) is 7.11 Å². The van der Waals surface area contributed by atoms with Crippen LogP contribution in [0.1, 0.15) is 10.4 Å². The normalized spacial score (nSPS) is 10.6. The number of rotatable bonds is 2. The highest BCUT2D eigenvalue weighted by atomic mass is 19.2. The van der Waals surface area contributed by atoms with Gasteiger partial charge in [0.25, 0.3) is 0 Å². The van der Waals surface area contributed by atoms with Crippen molar-refractivity contribution in [2.24, 2.45) is 0 Å². The zero-order valence-corrected chi connectivity index (χ0v) is 9.11. The first-order valence-electron chi connectivity index (χ1n) is 4.79. The van der Waals surface area contributed by atoms with Gasteiger partial charge in [-0.3, -0.25) is 4.79 Å². The van der Waals surface area contributed by atoms with E-state index in [0.29, 0.717) is 0 Å². The molecule has 0 spiro atoms. The highest BCUT2D eigenvalue weighted by Gasteiger charge is 2.24. The van der Waals surface area contributed by atoms with Gasteiger partial charge in [-0.25, -0.2) is 4.79 Å². The van der Waals surface area contributed by atoms with E-state index in [0.717, 1.165) is 0 Å². The minimum absolute atomic E-state index is 0.0667. The van der Waals surface area contributed by atoms with Gasteiger partial charge in [0.05, 0.1) is 12.5 Å². The fraction of sp³-hybridized carbons (Fsp3) is 0.0909. The standard InChI is InChI=1S/C11H7F2NO4/c1-18-6-4-2-3-5-8(6)14(13)10(12)7(9(5)15)11(16)17/h2-4H,1H3,(H,16,17). The number of aromatic carboxylic acids is 1. The molecule has 0 fully saturated rings. The number of hydrogen-bond acceptors (Lipinski definition) is 3. The summed E-state index contributed by atoms with van der Waals surface area (Å²) < 4.78 is 32.0. The molecule has 2 aromatic rings. The van der Waals surface area contributed by atoms with Gasteiger partial charge in [-0.15, -0.1) is 4.79 Å². The van der Waals surface area contributed by atoms with Crippen molar-refractivity contribution < 1.29 is 23.5 Å². The van der Waals surface area contributed by atoms with Crippen LogP contribution in [0.3, 0.4) is 0 Å². The minimum atomic E-state index is -1.83. The molecule has 1 aromatic heterocycles. The van der Waals surface area contributed by atoms with Crippen molar-refractivity contribution in [1.82, 2.24) is 4.79 Å². The lowest BCUT2D eigenvalue weighted by atomic mass is 10.1. The number of benzene rings is 1. The van der Waals surface area contributed by atoms with Crippen LogP contribution in [-0.2, 0) is 0 Å². The topological polar surface area (TPSA) is 68.5 Å². The van der Waals surface area contributed by atoms with E-state index in [1.165, 1.54) is 25.3 Å². The average Bonchev–Trinajstić information content (AvgIpc) is 2.35. The summed E-state index contributed by atoms with van der Waals surface area (Å²) in [6.45, 7) is 0. The maximum atomic E-state index is 13.7. The summed E-state index contributed by atoms with van der Waals surface area (Å²) in [5, 5.41) is 8.44. The van der Waals surface area contributed by atoms with E-state index in [-0.39, 0.29) is 11.1 Å². The number of fused-ring (bicyclic) bond motifs is 1. The lowest BCUT2D eigenvalue weighted by molar-refractivity contribution is 0.0685. The number of ether oxygens (including phenoxy) is 1. The number of carbonyl (C=O) groups is 1. The Bertz CT molecular complexity index is 708. The number of nitrogens with zero attached hydrogens (tertiary/aromatic N) is 1. The highest BCUT2D eigenvalue weighted by molar-refractivity contribution is 5.94. The summed E-state index contributed by atoms with van der Waals surface area (Å²) in [4.78, 5) is 22.0. The Morgan fingerprint density at radius 2 is 2.11 bits per heavy atom. The second-order valence-corrected chi connectivity index (χ2v) is 3.44. The maximum Gasteiger partial charge on any atom is 0.344 e. The molecule has 1 aromatic carbocycles. The van der Waals surface area contributed by atoms with Crippen molar-refractivity contribution in [1.29, 1.82) is 0 Å². The van der Waals surface area contributed by atoms with Gasteiger partial charge in [0.2, 0.25) is 11.4 Å². The summed E-state index contributed by atoms with van der Waals surface area (Å²) in [6, 6.07) is 3.91. The van der Waals surface area contributed by atoms with Gasteiger partial charge < -0.3 is 9.84 Å². The summed E-state index contributed by atoms with van der Waals surface area (Å²) >= 11 is 0. The molecule has 0 saturated carbocycles. The Morgan fingerprint density at radius 3 is 2.67 bits per heavy atom. The first-order chi connectivity index (χ1) is 8.49. The van der Waals surface area contributed by atoms with E-state index in [9.17, 15) is 18.5 Å². The fourth-order valence-corrected chi connectivity index (χ4v) is 1.68. The Kier molecular flexibility index (Phi) is 2.74. The van der Waals surface area contributed by atoms with E-state index < -0.39 is 33.2 Å². The van der Waals surface area contributed by atoms with Crippen LogP contribution >= 0.6 is 0 Å². The van der Waals surface area contributed by atoms with Crippen LogP contribution in [-0.4, -0.2) is 23.0 Å². The Balaban J connectivity index is 3.07. The first-order valence-corrected chi connectivity index (χ1v) is 4.79. The Hall–Kier alpha value is -2.44. The van der Waals surface area contributed by atoms with Crippen molar-refractivity contribution in [3.05, 3.63) is 39.9 Å². The van der Waals surface area contributed by atoms with Gasteiger partial charge in [0.1, 0.15) is 11.3 Å². The lowest BCUT2D eigenvalue weighted by Gasteiger charge is -2.09. The van der Waals surface area contributed by atoms with Crippen molar-refractivity contribution in [2.45, 2.75) is 0 Å². The smallest absolute Gasteiger partial charge is 0.344 e. The number of methoxy groups -OCH3 is 1. The molecule has 0 amide bonds. The number of aromatic nitrogens is 1. The third-order valence-corrected chi connectivity index (χ3v) is 2.48. The Morgan fingerprint density at radius 1 is 1.44 bits per heavy atom. The second kappa shape index (κ2) is 4.10. The minimum Gasteiger partial charge on any atom is -0.494 e. The molecule has 0 saturated heterocycles. The first kappa shape index (κ1) is 12.0. The van der Waals surface area contributed by atoms with Crippen LogP contribution in [0.4, 0.5) is 8.87 Å². The molecule has 0 aliphatic carbocycles. The molecule has 18 heavy (non-hydrogen) atoms. The number of pyridine rings is 1. The summed E-state index contributed by atoms with van der Waals surface area (Å²) in [7, 11) is 1.22. The van der Waals surface area contributed by atoms with Crippen molar-refractivity contribution in [3.8, 4) is 5.75 Å². The number of hydrogen-bond donors (Lipinski definition) is 1. The van der Waals surface area contributed by atoms with E-state index in [1.807, 2.05) is 0 Å². The highest BCUT2D eigenvalue weighted by Crippen LogP contribution is 2.25. The third kappa shape index (κ3) is 1.52. The molecule has 1 N–H and O–H groups in total. The molecule has 0 atom stereocenters. The molecule has 2 rings (SSSR count). The molecule has 0 radical (unpaired) electrons. The van der Waals surface area contributed by atoms with Crippen LogP contribution in [0, 0.1) is 5.95 Å². The largest absolute Gasteiger partial charge is 0.494 e. The third-order valence-electron chi connectivity index (χ3n) is 2.48. The van der Waals surface area contributed by atoms with E-state index in [4.69, 9.17) is 9.84 Å². The van der Waals surface area contributed by atoms with E-state index in [2.05, 4.69) is 0 Å². The number of carboxylic acids is 1. The van der Waals surface area contributed by atoms with E-state index >= 15 is 0 Å². The van der Waals surface area contributed by atoms with Crippen molar-refractivity contribution in [3.63, 3.8) is 0 Å². The van der Waals surface area contributed by atoms with Crippen LogP contribution < -0.4 is 10.2 Å². The monoisotopic (exact) mass is 255 g/mol. The number of carboxylic acid groups (broad SMARTS) is 1. The zero-order chi connectivity index (χ0) is 13.4. The molecule has 1 heterocycles. The van der Waals surface area contributed by atoms with Crippen molar-refractivity contribution >= 4 is 16.9 Å². The number of halogens is 2. The predicted molar refractivity (Wildman–Crippen MR) is 58.2 cm³/mol. The molecular formula is C11H7F2NO4. The van der Waals surface area contributed by atoms with Gasteiger partial charge in [0.15, 0.2) is 5.56 Å². The molecule has 7 heteroatoms. The summed E-state index contributed by atoms with van der Waals surface area (Å²) in [6.07, 6.45) is 0. The number of para-hydroxylation sites is 1. The van der Waals surface area contributed by atoms with Gasteiger partial charge in [-0.2, -0.15) is 4.39 Å². The zero-order valence-electron chi connectivity index (χ0n) is 9.11. The predicted octanol–water partition coefficient (Wildman–Crippen LogP) is 1.58. The molecule has 0 bridgehead atoms. The molecule has 94 valence electrons. The second-order valence-electron chi connectivity index (χ2n) is 3.44. The molecular weight excluding hydrogens is 248 g/mol. The van der Waals surface area contributed by atoms with Crippen LogP contribution in [0.15, 0.2) is 23.0 Å². The maximum absolute atomic E-state index is 13.7. The van der Waals surface area contributed by atoms with Crippen LogP contribution in [0.2, 0.25) is 0 Å². The van der Waals surface area contributed by atoms with Gasteiger partial charge in [-0.05, 0) is 12.1 Å².